The number of aryl methyl sites for hydroxylation is 1. The first-order chi connectivity index (χ1) is 17.7. The maximum absolute atomic E-state index is 13.9. The molecule has 0 aliphatic carbocycles. The molecule has 194 valence electrons. The van der Waals surface area contributed by atoms with Crippen LogP contribution in [0, 0.1) is 19.8 Å². The number of hydrogen-bond acceptors (Lipinski definition) is 5. The van der Waals surface area contributed by atoms with Crippen LogP contribution in [0.15, 0.2) is 63.3 Å². The maximum atomic E-state index is 13.9. The standard InChI is InChI=1S/C27H31BBrN3O3S2/c1-18-7-6-10-24(19(18)2)30-11-13-31(14-12-30)27(33)22-17-32(16-21(22)20-8-4-3-5-9-20)37(34,35)25-15-23(29)26(28)36-25/h3-10,15,21-22H,11-14,16-17,28H2,1-2H3/t21-,22+/m0/s1. The van der Waals surface area contributed by atoms with Gasteiger partial charge < -0.3 is 9.80 Å². The van der Waals surface area contributed by atoms with Gasteiger partial charge in [-0.05, 0) is 47.4 Å². The highest BCUT2D eigenvalue weighted by molar-refractivity contribution is 9.10. The number of piperazine rings is 1. The normalized spacial score (nSPS) is 20.9. The number of carbonyl (C=O) groups is 1. The summed E-state index contributed by atoms with van der Waals surface area (Å²) in [6.07, 6.45) is 0. The van der Waals surface area contributed by atoms with Gasteiger partial charge in [-0.1, -0.05) is 58.4 Å². The number of rotatable bonds is 5. The van der Waals surface area contributed by atoms with E-state index in [4.69, 9.17) is 0 Å². The van der Waals surface area contributed by atoms with Crippen LogP contribution in [-0.2, 0) is 14.8 Å². The Kier molecular flexibility index (Phi) is 7.55. The highest BCUT2D eigenvalue weighted by Crippen LogP contribution is 2.38. The lowest BCUT2D eigenvalue weighted by Gasteiger charge is -2.38. The zero-order valence-corrected chi connectivity index (χ0v) is 24.6. The lowest BCUT2D eigenvalue weighted by Crippen LogP contribution is -2.51. The molecule has 3 heterocycles. The van der Waals surface area contributed by atoms with E-state index in [1.54, 1.807) is 6.07 Å². The zero-order valence-electron chi connectivity index (χ0n) is 21.4. The Morgan fingerprint density at radius 3 is 2.35 bits per heavy atom. The Morgan fingerprint density at radius 2 is 1.70 bits per heavy atom. The number of nitrogens with zero attached hydrogens (tertiary/aromatic N) is 3. The van der Waals surface area contributed by atoms with E-state index in [2.05, 4.69) is 52.9 Å². The average Bonchev–Trinajstić information content (AvgIpc) is 3.50. The molecule has 2 aliphatic rings. The van der Waals surface area contributed by atoms with E-state index in [0.717, 1.165) is 27.9 Å². The molecule has 0 unspecified atom stereocenters. The van der Waals surface area contributed by atoms with Crippen molar-refractivity contribution in [2.24, 2.45) is 5.92 Å². The molecule has 37 heavy (non-hydrogen) atoms. The zero-order chi connectivity index (χ0) is 26.3. The van der Waals surface area contributed by atoms with Crippen LogP contribution in [-0.4, -0.2) is 70.6 Å². The van der Waals surface area contributed by atoms with Gasteiger partial charge in [-0.25, -0.2) is 8.42 Å². The van der Waals surface area contributed by atoms with Crippen LogP contribution < -0.4 is 9.68 Å². The molecule has 2 aromatic carbocycles. The summed E-state index contributed by atoms with van der Waals surface area (Å²) in [5, 5.41) is 0. The summed E-state index contributed by atoms with van der Waals surface area (Å²) in [5.41, 5.74) is 4.78. The second-order valence-electron chi connectivity index (χ2n) is 9.95. The predicted octanol–water partition coefficient (Wildman–Crippen LogP) is 3.14. The van der Waals surface area contributed by atoms with Gasteiger partial charge in [0.05, 0.1) is 5.92 Å². The minimum Gasteiger partial charge on any atom is -0.368 e. The highest BCUT2D eigenvalue weighted by Gasteiger charge is 2.45. The fraction of sp³-hybridized carbons (Fsp3) is 0.370. The molecule has 0 spiro atoms. The summed E-state index contributed by atoms with van der Waals surface area (Å²) in [6, 6.07) is 17.9. The number of sulfonamides is 1. The molecule has 5 rings (SSSR count). The molecule has 1 aromatic heterocycles. The van der Waals surface area contributed by atoms with Crippen LogP contribution in [0.25, 0.3) is 0 Å². The first-order valence-corrected chi connectivity index (χ1v) is 15.6. The molecule has 1 amide bonds. The molecular formula is C27H31BBrN3O3S2. The van der Waals surface area contributed by atoms with Gasteiger partial charge in [0, 0.05) is 55.3 Å². The van der Waals surface area contributed by atoms with Gasteiger partial charge in [0.2, 0.25) is 5.91 Å². The van der Waals surface area contributed by atoms with Gasteiger partial charge in [0.25, 0.3) is 10.0 Å². The number of carbonyl (C=O) groups excluding carboxylic acids is 1. The van der Waals surface area contributed by atoms with Crippen LogP contribution in [0.5, 0.6) is 0 Å². The molecule has 0 saturated carbocycles. The van der Waals surface area contributed by atoms with Crippen molar-refractivity contribution in [3.8, 4) is 0 Å². The summed E-state index contributed by atoms with van der Waals surface area (Å²) < 4.78 is 30.7. The van der Waals surface area contributed by atoms with E-state index < -0.39 is 15.9 Å². The third-order valence-corrected chi connectivity index (χ3v) is 12.2. The van der Waals surface area contributed by atoms with Gasteiger partial charge in [0.1, 0.15) is 4.21 Å². The summed E-state index contributed by atoms with van der Waals surface area (Å²) in [7, 11) is -1.79. The van der Waals surface area contributed by atoms with Crippen molar-refractivity contribution in [2.75, 3.05) is 44.2 Å². The fourth-order valence-corrected chi connectivity index (χ4v) is 9.18. The van der Waals surface area contributed by atoms with E-state index >= 15 is 0 Å². The number of amides is 1. The van der Waals surface area contributed by atoms with Crippen molar-refractivity contribution in [2.45, 2.75) is 24.0 Å². The van der Waals surface area contributed by atoms with E-state index in [1.165, 1.54) is 32.5 Å². The van der Waals surface area contributed by atoms with E-state index in [9.17, 15) is 13.2 Å². The second kappa shape index (κ2) is 10.6. The van der Waals surface area contributed by atoms with Gasteiger partial charge in [0.15, 0.2) is 7.85 Å². The average molecular weight is 600 g/mol. The molecule has 6 nitrogen and oxygen atoms in total. The molecule has 2 atom stereocenters. The monoisotopic (exact) mass is 599 g/mol. The molecule has 10 heteroatoms. The van der Waals surface area contributed by atoms with Crippen molar-refractivity contribution in [3.63, 3.8) is 0 Å². The molecule has 2 fully saturated rings. The van der Waals surface area contributed by atoms with Crippen molar-refractivity contribution in [1.82, 2.24) is 9.21 Å². The summed E-state index contributed by atoms with van der Waals surface area (Å²) in [6.45, 7) is 7.58. The molecular weight excluding hydrogens is 569 g/mol. The minimum atomic E-state index is -3.69. The first-order valence-electron chi connectivity index (χ1n) is 12.6. The molecule has 0 bridgehead atoms. The van der Waals surface area contributed by atoms with Gasteiger partial charge in [-0.2, -0.15) is 4.31 Å². The largest absolute Gasteiger partial charge is 0.368 e. The Balaban J connectivity index is 1.36. The van der Waals surface area contributed by atoms with Crippen LogP contribution in [0.3, 0.4) is 0 Å². The number of anilines is 1. The van der Waals surface area contributed by atoms with Crippen molar-refractivity contribution in [1.29, 1.82) is 0 Å². The Hall–Kier alpha value is -2.14. The minimum absolute atomic E-state index is 0.0516. The number of halogens is 1. The Bertz CT molecular complexity index is 1390. The summed E-state index contributed by atoms with van der Waals surface area (Å²) in [5.74, 6) is -0.533. The third-order valence-electron chi connectivity index (χ3n) is 7.77. The van der Waals surface area contributed by atoms with Crippen LogP contribution >= 0.6 is 27.3 Å². The fourth-order valence-electron chi connectivity index (χ4n) is 5.42. The highest BCUT2D eigenvalue weighted by atomic mass is 79.9. The quantitative estimate of drug-likeness (QED) is 0.423. The van der Waals surface area contributed by atoms with Crippen LogP contribution in [0.2, 0.25) is 0 Å². The smallest absolute Gasteiger partial charge is 0.252 e. The van der Waals surface area contributed by atoms with E-state index in [0.29, 0.717) is 23.8 Å². The molecule has 3 aromatic rings. The van der Waals surface area contributed by atoms with Crippen molar-refractivity contribution in [3.05, 3.63) is 75.8 Å². The molecule has 2 aliphatic heterocycles. The predicted molar refractivity (Wildman–Crippen MR) is 156 cm³/mol. The SMILES string of the molecule is Bc1sc(S(=O)(=O)N2C[C@@H](C(=O)N3CCN(c4cccc(C)c4C)CC3)[C@H](c3ccccc3)C2)cc1Br. The van der Waals surface area contributed by atoms with E-state index in [-0.39, 0.29) is 18.4 Å². The number of hydrogen-bond donors (Lipinski definition) is 0. The number of thiophene rings is 1. The topological polar surface area (TPSA) is 60.9 Å². The first kappa shape index (κ1) is 26.5. The molecule has 0 N–H and O–H groups in total. The summed E-state index contributed by atoms with van der Waals surface area (Å²) >= 11 is 4.71. The van der Waals surface area contributed by atoms with E-state index in [1.807, 2.05) is 43.1 Å². The maximum Gasteiger partial charge on any atom is 0.252 e. The lowest BCUT2D eigenvalue weighted by molar-refractivity contribution is -0.135. The van der Waals surface area contributed by atoms with Gasteiger partial charge in [-0.15, -0.1) is 11.3 Å². The number of benzene rings is 2. The Morgan fingerprint density at radius 1 is 1.00 bits per heavy atom. The van der Waals surface area contributed by atoms with Crippen LogP contribution in [0.4, 0.5) is 5.69 Å². The van der Waals surface area contributed by atoms with Gasteiger partial charge in [-0.3, -0.25) is 4.79 Å². The molecule has 0 radical (unpaired) electrons. The summed E-state index contributed by atoms with van der Waals surface area (Å²) in [4.78, 5) is 18.2. The van der Waals surface area contributed by atoms with Crippen molar-refractivity contribution >= 4 is 61.5 Å². The lowest BCUT2D eigenvalue weighted by atomic mass is 9.88. The Labute approximate surface area is 232 Å². The third kappa shape index (κ3) is 5.13. The van der Waals surface area contributed by atoms with Gasteiger partial charge >= 0.3 is 0 Å². The molecule has 2 saturated heterocycles. The van der Waals surface area contributed by atoms with Crippen LogP contribution in [0.1, 0.15) is 22.6 Å². The van der Waals surface area contributed by atoms with Crippen molar-refractivity contribution < 1.29 is 13.2 Å². The second-order valence-corrected chi connectivity index (χ2v) is 14.2.